The molecule has 0 unspecified atom stereocenters. The van der Waals surface area contributed by atoms with Gasteiger partial charge in [0, 0.05) is 0 Å². The van der Waals surface area contributed by atoms with Gasteiger partial charge in [-0.3, -0.25) is 0 Å². The molecule has 2 heterocycles. The Morgan fingerprint density at radius 3 is 2.93 bits per heavy atom. The van der Waals surface area contributed by atoms with Gasteiger partial charge in [0.1, 0.15) is 0 Å². The van der Waals surface area contributed by atoms with E-state index in [2.05, 4.69) is 4.98 Å². The topological polar surface area (TPSA) is 63.3 Å². The van der Waals surface area contributed by atoms with Gasteiger partial charge in [-0.05, 0) is 18.4 Å². The second-order valence-electron chi connectivity index (χ2n) is 2.72. The van der Waals surface area contributed by atoms with Crippen LogP contribution in [0.5, 0.6) is 0 Å². The largest absolute Gasteiger partial charge is 0.475 e. The molecule has 0 amide bonds. The quantitative estimate of drug-likeness (QED) is 0.824. The Morgan fingerprint density at radius 2 is 2.43 bits per heavy atom. The van der Waals surface area contributed by atoms with E-state index in [1.807, 2.05) is 17.5 Å². The molecule has 4 nitrogen and oxygen atoms in total. The van der Waals surface area contributed by atoms with Gasteiger partial charge in [-0.25, -0.2) is 9.78 Å². The number of carboxylic acids is 1. The van der Waals surface area contributed by atoms with E-state index in [1.165, 1.54) is 11.3 Å². The second-order valence-corrected chi connectivity index (χ2v) is 3.66. The van der Waals surface area contributed by atoms with E-state index in [0.717, 1.165) is 4.88 Å². The third-order valence-corrected chi connectivity index (χ3v) is 2.58. The number of hydrogen-bond donors (Lipinski definition) is 1. The number of oxazole rings is 1. The van der Waals surface area contributed by atoms with Crippen molar-refractivity contribution < 1.29 is 14.3 Å². The highest BCUT2D eigenvalue weighted by Crippen LogP contribution is 2.25. The normalized spacial score (nSPS) is 10.4. The minimum Gasteiger partial charge on any atom is -0.475 e. The summed E-state index contributed by atoms with van der Waals surface area (Å²) in [6, 6.07) is 3.70. The monoisotopic (exact) mass is 209 g/mol. The molecule has 0 atom stereocenters. The van der Waals surface area contributed by atoms with Gasteiger partial charge in [-0.2, -0.15) is 0 Å². The fourth-order valence-corrected chi connectivity index (χ4v) is 1.75. The fraction of sp³-hybridized carbons (Fsp3) is 0.111. The van der Waals surface area contributed by atoms with Gasteiger partial charge in [-0.15, -0.1) is 11.3 Å². The summed E-state index contributed by atoms with van der Waals surface area (Å²) in [6.45, 7) is 1.62. The van der Waals surface area contributed by atoms with Crippen molar-refractivity contribution in [3.05, 3.63) is 29.0 Å². The summed E-state index contributed by atoms with van der Waals surface area (Å²) < 4.78 is 5.12. The van der Waals surface area contributed by atoms with Crippen LogP contribution < -0.4 is 0 Å². The lowest BCUT2D eigenvalue weighted by atomic mass is 10.4. The number of carbonyl (C=O) groups is 1. The van der Waals surface area contributed by atoms with Crippen molar-refractivity contribution in [2.24, 2.45) is 0 Å². The van der Waals surface area contributed by atoms with Gasteiger partial charge in [0.25, 0.3) is 0 Å². The van der Waals surface area contributed by atoms with Crippen LogP contribution in [0.1, 0.15) is 16.2 Å². The first kappa shape index (κ1) is 8.96. The van der Waals surface area contributed by atoms with Crippen molar-refractivity contribution in [3.8, 4) is 10.8 Å². The lowest BCUT2D eigenvalue weighted by Gasteiger charge is -1.86. The van der Waals surface area contributed by atoms with E-state index >= 15 is 0 Å². The van der Waals surface area contributed by atoms with Crippen molar-refractivity contribution in [3.63, 3.8) is 0 Å². The fourth-order valence-electron chi connectivity index (χ4n) is 1.10. The molecule has 2 rings (SSSR count). The predicted molar refractivity (Wildman–Crippen MR) is 51.5 cm³/mol. The molecule has 5 heteroatoms. The van der Waals surface area contributed by atoms with Gasteiger partial charge in [-0.1, -0.05) is 6.07 Å². The summed E-state index contributed by atoms with van der Waals surface area (Å²) >= 11 is 1.46. The number of thiophene rings is 1. The Morgan fingerprint density at radius 1 is 1.64 bits per heavy atom. The maximum absolute atomic E-state index is 10.7. The molecule has 0 aliphatic rings. The smallest absolute Gasteiger partial charge is 0.373 e. The number of aromatic nitrogens is 1. The van der Waals surface area contributed by atoms with Gasteiger partial charge in [0.15, 0.2) is 0 Å². The number of rotatable bonds is 2. The molecule has 0 radical (unpaired) electrons. The molecule has 2 aromatic rings. The maximum Gasteiger partial charge on any atom is 0.373 e. The molecular weight excluding hydrogens is 202 g/mol. The molecule has 2 aromatic heterocycles. The molecule has 0 spiro atoms. The zero-order valence-corrected chi connectivity index (χ0v) is 8.17. The zero-order valence-electron chi connectivity index (χ0n) is 7.35. The van der Waals surface area contributed by atoms with Crippen LogP contribution in [0.25, 0.3) is 10.8 Å². The summed E-state index contributed by atoms with van der Waals surface area (Å²) in [5, 5.41) is 10.6. The zero-order chi connectivity index (χ0) is 10.1. The number of aromatic carboxylic acids is 1. The Kier molecular flexibility index (Phi) is 2.09. The van der Waals surface area contributed by atoms with Crippen LogP contribution in [0.15, 0.2) is 21.9 Å². The summed E-state index contributed by atoms with van der Waals surface area (Å²) in [4.78, 5) is 15.5. The minimum atomic E-state index is -1.09. The lowest BCUT2D eigenvalue weighted by molar-refractivity contribution is 0.0662. The lowest BCUT2D eigenvalue weighted by Crippen LogP contribution is -1.95. The number of hydrogen-bond acceptors (Lipinski definition) is 4. The highest BCUT2D eigenvalue weighted by molar-refractivity contribution is 7.13. The third-order valence-electron chi connectivity index (χ3n) is 1.72. The number of aryl methyl sites for hydroxylation is 1. The Hall–Kier alpha value is -1.62. The van der Waals surface area contributed by atoms with Gasteiger partial charge < -0.3 is 9.52 Å². The summed E-state index contributed by atoms with van der Waals surface area (Å²) in [6.07, 6.45) is 0. The summed E-state index contributed by atoms with van der Waals surface area (Å²) in [7, 11) is 0. The SMILES string of the molecule is Cc1nc(-c2cccs2)oc1C(=O)O. The molecule has 0 aliphatic heterocycles. The summed E-state index contributed by atoms with van der Waals surface area (Å²) in [5.74, 6) is -0.805. The Labute approximate surface area is 83.8 Å². The highest BCUT2D eigenvalue weighted by atomic mass is 32.1. The van der Waals surface area contributed by atoms with Crippen LogP contribution in [0.3, 0.4) is 0 Å². The molecule has 1 N–H and O–H groups in total. The van der Waals surface area contributed by atoms with Crippen molar-refractivity contribution in [2.45, 2.75) is 6.92 Å². The van der Waals surface area contributed by atoms with Crippen LogP contribution in [0.4, 0.5) is 0 Å². The van der Waals surface area contributed by atoms with Crippen LogP contribution in [0.2, 0.25) is 0 Å². The van der Waals surface area contributed by atoms with Crippen molar-refractivity contribution in [1.82, 2.24) is 4.98 Å². The molecular formula is C9H7NO3S. The average molecular weight is 209 g/mol. The first-order chi connectivity index (χ1) is 6.68. The molecule has 0 aliphatic carbocycles. The van der Waals surface area contributed by atoms with Crippen LogP contribution in [-0.4, -0.2) is 16.1 Å². The molecule has 72 valence electrons. The van der Waals surface area contributed by atoms with Gasteiger partial charge in [0.2, 0.25) is 11.7 Å². The Balaban J connectivity index is 2.48. The van der Waals surface area contributed by atoms with Gasteiger partial charge in [0.05, 0.1) is 10.6 Å². The molecule has 0 saturated carbocycles. The number of nitrogens with zero attached hydrogens (tertiary/aromatic N) is 1. The van der Waals surface area contributed by atoms with Gasteiger partial charge >= 0.3 is 5.97 Å². The average Bonchev–Trinajstić information content (AvgIpc) is 2.70. The first-order valence-electron chi connectivity index (χ1n) is 3.93. The molecule has 14 heavy (non-hydrogen) atoms. The van der Waals surface area contributed by atoms with Crippen molar-refractivity contribution in [1.29, 1.82) is 0 Å². The molecule has 0 bridgehead atoms. The van der Waals surface area contributed by atoms with Crippen molar-refractivity contribution >= 4 is 17.3 Å². The first-order valence-corrected chi connectivity index (χ1v) is 4.81. The van der Waals surface area contributed by atoms with E-state index in [-0.39, 0.29) is 5.76 Å². The molecule has 0 fully saturated rings. The minimum absolute atomic E-state index is 0.0894. The van der Waals surface area contributed by atoms with E-state index < -0.39 is 5.97 Å². The number of carboxylic acid groups (broad SMARTS) is 1. The summed E-state index contributed by atoms with van der Waals surface area (Å²) in [5.41, 5.74) is 0.404. The molecule has 0 saturated heterocycles. The molecule has 0 aromatic carbocycles. The highest BCUT2D eigenvalue weighted by Gasteiger charge is 2.17. The van der Waals surface area contributed by atoms with E-state index in [9.17, 15) is 4.79 Å². The third kappa shape index (κ3) is 1.42. The van der Waals surface area contributed by atoms with E-state index in [4.69, 9.17) is 9.52 Å². The standard InChI is InChI=1S/C9H7NO3S/c1-5-7(9(11)12)13-8(10-5)6-3-2-4-14-6/h2-4H,1H3,(H,11,12). The second kappa shape index (κ2) is 3.26. The maximum atomic E-state index is 10.7. The van der Waals surface area contributed by atoms with Crippen LogP contribution in [-0.2, 0) is 0 Å². The van der Waals surface area contributed by atoms with Crippen LogP contribution >= 0.6 is 11.3 Å². The van der Waals surface area contributed by atoms with Crippen molar-refractivity contribution in [2.75, 3.05) is 0 Å². The Bertz CT molecular complexity index is 458. The predicted octanol–water partition coefficient (Wildman–Crippen LogP) is 2.41. The van der Waals surface area contributed by atoms with E-state index in [1.54, 1.807) is 6.92 Å². The van der Waals surface area contributed by atoms with Crippen LogP contribution in [0, 0.1) is 6.92 Å². The van der Waals surface area contributed by atoms with E-state index in [0.29, 0.717) is 11.6 Å².